The van der Waals surface area contributed by atoms with Gasteiger partial charge in [0.1, 0.15) is 6.26 Å². The van der Waals surface area contributed by atoms with Gasteiger partial charge in [0.25, 0.3) is 0 Å². The number of nitrogens with one attached hydrogen (secondary N) is 1. The molecule has 1 unspecified atom stereocenters. The van der Waals surface area contributed by atoms with Crippen LogP contribution in [0.2, 0.25) is 0 Å². The minimum absolute atomic E-state index is 0.615. The number of aromatic nitrogens is 1. The molecule has 2 rings (SSSR count). The van der Waals surface area contributed by atoms with Gasteiger partial charge in [-0.05, 0) is 38.3 Å². The van der Waals surface area contributed by atoms with Crippen LogP contribution in [0.1, 0.15) is 24.8 Å². The molecule has 0 bridgehead atoms. The van der Waals surface area contributed by atoms with Crippen LogP contribution in [0.3, 0.4) is 0 Å². The number of hydrogen-bond acceptors (Lipinski definition) is 4. The van der Waals surface area contributed by atoms with Crippen molar-refractivity contribution in [2.24, 2.45) is 5.92 Å². The van der Waals surface area contributed by atoms with Gasteiger partial charge in [-0.1, -0.05) is 5.16 Å². The van der Waals surface area contributed by atoms with Gasteiger partial charge in [-0.15, -0.1) is 0 Å². The molecular weight excluding hydrogens is 192 g/mol. The molecule has 1 aliphatic rings. The van der Waals surface area contributed by atoms with Crippen molar-refractivity contribution in [1.82, 2.24) is 10.5 Å². The smallest absolute Gasteiger partial charge is 0.129 e. The Bertz CT molecular complexity index is 256. The first-order valence-corrected chi connectivity index (χ1v) is 5.62. The number of ether oxygens (including phenoxy) is 1. The normalized spacial score (nSPS) is 21.7. The van der Waals surface area contributed by atoms with Crippen molar-refractivity contribution in [1.29, 1.82) is 0 Å². The van der Waals surface area contributed by atoms with Crippen LogP contribution in [0, 0.1) is 5.92 Å². The molecule has 4 nitrogen and oxygen atoms in total. The van der Waals surface area contributed by atoms with E-state index in [-0.39, 0.29) is 0 Å². The monoisotopic (exact) mass is 210 g/mol. The Labute approximate surface area is 90.0 Å². The summed E-state index contributed by atoms with van der Waals surface area (Å²) in [6.07, 6.45) is 7.11. The van der Waals surface area contributed by atoms with Crippen LogP contribution >= 0.6 is 0 Å². The summed E-state index contributed by atoms with van der Waals surface area (Å²) >= 11 is 0. The van der Waals surface area contributed by atoms with Gasteiger partial charge in [0, 0.05) is 12.2 Å². The molecule has 0 amide bonds. The van der Waals surface area contributed by atoms with E-state index < -0.39 is 0 Å². The van der Waals surface area contributed by atoms with Crippen LogP contribution < -0.4 is 5.32 Å². The van der Waals surface area contributed by atoms with Gasteiger partial charge >= 0.3 is 0 Å². The predicted molar refractivity (Wildman–Crippen MR) is 56.4 cm³/mol. The van der Waals surface area contributed by atoms with Gasteiger partial charge in [0.05, 0.1) is 12.8 Å². The van der Waals surface area contributed by atoms with Crippen molar-refractivity contribution in [3.8, 4) is 0 Å². The molecule has 15 heavy (non-hydrogen) atoms. The van der Waals surface area contributed by atoms with Gasteiger partial charge in [0.15, 0.2) is 0 Å². The fourth-order valence-corrected chi connectivity index (χ4v) is 1.91. The fraction of sp³-hybridized carbons (Fsp3) is 0.727. The van der Waals surface area contributed by atoms with E-state index in [4.69, 9.17) is 9.26 Å². The zero-order chi connectivity index (χ0) is 10.3. The molecule has 0 radical (unpaired) electrons. The zero-order valence-electron chi connectivity index (χ0n) is 8.95. The van der Waals surface area contributed by atoms with Crippen LogP contribution in [0.4, 0.5) is 0 Å². The minimum Gasteiger partial charge on any atom is -0.377 e. The Balaban J connectivity index is 1.54. The van der Waals surface area contributed by atoms with Crippen molar-refractivity contribution in [2.75, 3.05) is 19.7 Å². The minimum atomic E-state index is 0.615. The Morgan fingerprint density at radius 1 is 1.60 bits per heavy atom. The highest BCUT2D eigenvalue weighted by Crippen LogP contribution is 2.14. The van der Waals surface area contributed by atoms with Crippen molar-refractivity contribution in [2.45, 2.75) is 25.9 Å². The first-order valence-electron chi connectivity index (χ1n) is 5.62. The predicted octanol–water partition coefficient (Wildman–Crippen LogP) is 1.58. The van der Waals surface area contributed by atoms with E-state index in [1.54, 1.807) is 12.5 Å². The summed E-state index contributed by atoms with van der Waals surface area (Å²) in [6.45, 7) is 3.77. The average Bonchev–Trinajstić information content (AvgIpc) is 2.79. The Morgan fingerprint density at radius 2 is 2.60 bits per heavy atom. The van der Waals surface area contributed by atoms with Gasteiger partial charge in [-0.2, -0.15) is 0 Å². The molecule has 1 aromatic heterocycles. The van der Waals surface area contributed by atoms with Gasteiger partial charge in [-0.25, -0.2) is 0 Å². The fourth-order valence-electron chi connectivity index (χ4n) is 1.91. The molecule has 0 aliphatic carbocycles. The van der Waals surface area contributed by atoms with E-state index in [2.05, 4.69) is 10.5 Å². The van der Waals surface area contributed by atoms with E-state index in [0.717, 1.165) is 31.1 Å². The Hall–Kier alpha value is -0.870. The molecule has 1 aromatic rings. The summed E-state index contributed by atoms with van der Waals surface area (Å²) in [7, 11) is 0. The van der Waals surface area contributed by atoms with Gasteiger partial charge in [0.2, 0.25) is 0 Å². The van der Waals surface area contributed by atoms with Gasteiger partial charge in [-0.3, -0.25) is 0 Å². The number of piperidine rings is 1. The molecule has 0 aromatic carbocycles. The van der Waals surface area contributed by atoms with Crippen LogP contribution in [0.15, 0.2) is 17.0 Å². The summed E-state index contributed by atoms with van der Waals surface area (Å²) in [5, 5.41) is 7.03. The van der Waals surface area contributed by atoms with E-state index in [1.165, 1.54) is 19.4 Å². The molecule has 0 spiro atoms. The second-order valence-electron chi connectivity index (χ2n) is 4.09. The van der Waals surface area contributed by atoms with Crippen LogP contribution in [0.25, 0.3) is 0 Å². The van der Waals surface area contributed by atoms with Gasteiger partial charge < -0.3 is 14.6 Å². The third-order valence-electron chi connectivity index (χ3n) is 2.82. The lowest BCUT2D eigenvalue weighted by Crippen LogP contribution is -2.30. The lowest BCUT2D eigenvalue weighted by Gasteiger charge is -2.22. The van der Waals surface area contributed by atoms with E-state index in [9.17, 15) is 0 Å². The highest BCUT2D eigenvalue weighted by atomic mass is 16.5. The number of nitrogens with zero attached hydrogens (tertiary/aromatic N) is 1. The molecule has 1 saturated heterocycles. The summed E-state index contributed by atoms with van der Waals surface area (Å²) in [5.41, 5.74) is 1.01. The maximum Gasteiger partial charge on any atom is 0.129 e. The Kier molecular flexibility index (Phi) is 4.17. The maximum atomic E-state index is 5.55. The second-order valence-corrected chi connectivity index (χ2v) is 4.09. The third-order valence-corrected chi connectivity index (χ3v) is 2.82. The molecule has 1 fully saturated rings. The molecular formula is C11H18N2O2. The quantitative estimate of drug-likeness (QED) is 0.750. The van der Waals surface area contributed by atoms with Crippen LogP contribution in [0.5, 0.6) is 0 Å². The van der Waals surface area contributed by atoms with Crippen molar-refractivity contribution < 1.29 is 9.26 Å². The van der Waals surface area contributed by atoms with E-state index >= 15 is 0 Å². The molecule has 84 valence electrons. The van der Waals surface area contributed by atoms with Crippen LogP contribution in [-0.4, -0.2) is 24.9 Å². The standard InChI is InChI=1S/C11H18N2O2/c1-2-10(6-12-4-1)3-5-14-8-11-7-13-15-9-11/h7,9-10,12H,1-6,8H2. The van der Waals surface area contributed by atoms with Crippen molar-refractivity contribution in [3.05, 3.63) is 18.0 Å². The SMILES string of the molecule is c1nocc1COCCC1CCCNC1. The van der Waals surface area contributed by atoms with Crippen molar-refractivity contribution in [3.63, 3.8) is 0 Å². The summed E-state index contributed by atoms with van der Waals surface area (Å²) < 4.78 is 10.3. The molecule has 4 heteroatoms. The molecule has 2 heterocycles. The molecule has 1 N–H and O–H groups in total. The number of rotatable bonds is 5. The lowest BCUT2D eigenvalue weighted by atomic mass is 9.97. The molecule has 1 aliphatic heterocycles. The van der Waals surface area contributed by atoms with E-state index in [0.29, 0.717) is 6.61 Å². The molecule has 1 atom stereocenters. The van der Waals surface area contributed by atoms with Crippen LogP contribution in [-0.2, 0) is 11.3 Å². The molecule has 0 saturated carbocycles. The first-order chi connectivity index (χ1) is 7.45. The summed E-state index contributed by atoms with van der Waals surface area (Å²) in [4.78, 5) is 0. The first kappa shape index (κ1) is 10.6. The average molecular weight is 210 g/mol. The largest absolute Gasteiger partial charge is 0.377 e. The summed E-state index contributed by atoms with van der Waals surface area (Å²) in [5.74, 6) is 0.793. The second kappa shape index (κ2) is 5.88. The highest BCUT2D eigenvalue weighted by molar-refractivity contribution is 4.97. The highest BCUT2D eigenvalue weighted by Gasteiger charge is 2.12. The van der Waals surface area contributed by atoms with Crippen molar-refractivity contribution >= 4 is 0 Å². The van der Waals surface area contributed by atoms with E-state index in [1.807, 2.05) is 0 Å². The topological polar surface area (TPSA) is 47.3 Å². The Morgan fingerprint density at radius 3 is 3.33 bits per heavy atom. The number of hydrogen-bond donors (Lipinski definition) is 1. The lowest BCUT2D eigenvalue weighted by molar-refractivity contribution is 0.103. The summed E-state index contributed by atoms with van der Waals surface area (Å²) in [6, 6.07) is 0. The zero-order valence-corrected chi connectivity index (χ0v) is 8.95. The third kappa shape index (κ3) is 3.64. The maximum absolute atomic E-state index is 5.55.